The van der Waals surface area contributed by atoms with E-state index in [-0.39, 0.29) is 13.1 Å². The van der Waals surface area contributed by atoms with Gasteiger partial charge in [-0.1, -0.05) is 6.07 Å². The van der Waals surface area contributed by atoms with E-state index in [4.69, 9.17) is 0 Å². The first-order valence-corrected chi connectivity index (χ1v) is 8.27. The molecule has 20 heavy (non-hydrogen) atoms. The van der Waals surface area contributed by atoms with Crippen molar-refractivity contribution in [3.63, 3.8) is 0 Å². The predicted molar refractivity (Wildman–Crippen MR) is 73.2 cm³/mol. The second-order valence-corrected chi connectivity index (χ2v) is 7.28. The van der Waals surface area contributed by atoms with Crippen molar-refractivity contribution in [2.24, 2.45) is 0 Å². The van der Waals surface area contributed by atoms with Gasteiger partial charge in [-0.05, 0) is 25.0 Å². The van der Waals surface area contributed by atoms with Gasteiger partial charge in [0.05, 0.1) is 0 Å². The molecule has 0 amide bonds. The highest BCUT2D eigenvalue weighted by Gasteiger charge is 2.40. The molecule has 0 aliphatic carbocycles. The number of pyridine rings is 1. The highest BCUT2D eigenvalue weighted by atomic mass is 32.2. The molecule has 2 saturated heterocycles. The summed E-state index contributed by atoms with van der Waals surface area (Å²) in [6.45, 7) is 0.971. The van der Waals surface area contributed by atoms with Crippen LogP contribution in [0.5, 0.6) is 0 Å². The van der Waals surface area contributed by atoms with Crippen molar-refractivity contribution in [2.75, 3.05) is 26.2 Å². The minimum absolute atomic E-state index is 0.00248. The van der Waals surface area contributed by atoms with E-state index in [0.29, 0.717) is 19.0 Å². The second-order valence-electron chi connectivity index (χ2n) is 5.35. The topological polar surface area (TPSA) is 53.5 Å². The van der Waals surface area contributed by atoms with Gasteiger partial charge in [0.1, 0.15) is 6.17 Å². The summed E-state index contributed by atoms with van der Waals surface area (Å²) in [5.41, 5.74) is 1.03. The fourth-order valence-electron chi connectivity index (χ4n) is 2.74. The molecule has 2 aliphatic heterocycles. The molecule has 2 aliphatic rings. The molecule has 0 bridgehead atoms. The number of rotatable bonds is 3. The summed E-state index contributed by atoms with van der Waals surface area (Å²) in [6.07, 6.45) is 2.29. The van der Waals surface area contributed by atoms with E-state index in [2.05, 4.69) is 4.98 Å². The first-order chi connectivity index (χ1) is 9.57. The van der Waals surface area contributed by atoms with E-state index >= 15 is 0 Å². The Labute approximate surface area is 118 Å². The van der Waals surface area contributed by atoms with Gasteiger partial charge in [0.15, 0.2) is 0 Å². The fraction of sp³-hybridized carbons (Fsp3) is 0.615. The van der Waals surface area contributed by atoms with Crippen molar-refractivity contribution in [2.45, 2.75) is 24.9 Å². The van der Waals surface area contributed by atoms with Gasteiger partial charge in [0.25, 0.3) is 10.2 Å². The number of halogens is 1. The zero-order valence-electron chi connectivity index (χ0n) is 11.2. The number of nitrogens with zero attached hydrogens (tertiary/aromatic N) is 3. The summed E-state index contributed by atoms with van der Waals surface area (Å²) < 4.78 is 40.0. The Bertz CT molecular complexity index is 552. The van der Waals surface area contributed by atoms with E-state index in [1.165, 1.54) is 8.61 Å². The van der Waals surface area contributed by atoms with Gasteiger partial charge in [-0.15, -0.1) is 0 Å². The number of piperidine rings is 1. The molecule has 1 aromatic rings. The van der Waals surface area contributed by atoms with Gasteiger partial charge in [-0.25, -0.2) is 4.39 Å². The number of hydrogen-bond donors (Lipinski definition) is 0. The van der Waals surface area contributed by atoms with Crippen LogP contribution >= 0.6 is 0 Å². The van der Waals surface area contributed by atoms with Gasteiger partial charge in [-0.2, -0.15) is 17.0 Å². The normalized spacial score (nSPS) is 23.6. The molecule has 0 N–H and O–H groups in total. The van der Waals surface area contributed by atoms with Crippen LogP contribution in [0.15, 0.2) is 24.4 Å². The lowest BCUT2D eigenvalue weighted by atomic mass is 9.94. The molecule has 0 unspecified atom stereocenters. The van der Waals surface area contributed by atoms with E-state index in [0.717, 1.165) is 18.5 Å². The van der Waals surface area contributed by atoms with Crippen LogP contribution < -0.4 is 0 Å². The fourth-order valence-corrected chi connectivity index (χ4v) is 4.44. The minimum Gasteiger partial charge on any atom is -0.261 e. The minimum atomic E-state index is -3.46. The third-order valence-corrected chi connectivity index (χ3v) is 5.98. The van der Waals surface area contributed by atoms with Crippen LogP contribution in [0, 0.1) is 0 Å². The zero-order valence-corrected chi connectivity index (χ0v) is 12.0. The van der Waals surface area contributed by atoms with Crippen molar-refractivity contribution in [1.29, 1.82) is 0 Å². The van der Waals surface area contributed by atoms with Crippen LogP contribution in [0.25, 0.3) is 0 Å². The summed E-state index contributed by atoms with van der Waals surface area (Å²) >= 11 is 0. The molecule has 3 rings (SSSR count). The molecule has 3 heterocycles. The first kappa shape index (κ1) is 13.9. The van der Waals surface area contributed by atoms with Crippen LogP contribution in [0.4, 0.5) is 4.39 Å². The Morgan fingerprint density at radius 2 is 1.85 bits per heavy atom. The van der Waals surface area contributed by atoms with E-state index in [9.17, 15) is 12.8 Å². The molecule has 1 aromatic heterocycles. The molecule has 0 aromatic carbocycles. The van der Waals surface area contributed by atoms with Gasteiger partial charge in [0.2, 0.25) is 0 Å². The van der Waals surface area contributed by atoms with Crippen LogP contribution in [0.1, 0.15) is 24.5 Å². The largest absolute Gasteiger partial charge is 0.282 e. The van der Waals surface area contributed by atoms with Crippen LogP contribution in [0.2, 0.25) is 0 Å². The lowest BCUT2D eigenvalue weighted by Crippen LogP contribution is -2.57. The van der Waals surface area contributed by atoms with Crippen molar-refractivity contribution in [3.8, 4) is 0 Å². The maximum Gasteiger partial charge on any atom is 0.282 e. The molecule has 7 heteroatoms. The Kier molecular flexibility index (Phi) is 3.74. The quantitative estimate of drug-likeness (QED) is 0.841. The molecular formula is C13H18FN3O2S. The smallest absolute Gasteiger partial charge is 0.261 e. The molecule has 0 spiro atoms. The molecule has 0 atom stereocenters. The molecule has 0 saturated carbocycles. The third-order valence-electron chi connectivity index (χ3n) is 4.02. The van der Waals surface area contributed by atoms with Gasteiger partial charge in [-0.3, -0.25) is 4.98 Å². The Morgan fingerprint density at radius 3 is 2.40 bits per heavy atom. The van der Waals surface area contributed by atoms with Crippen LogP contribution in [-0.2, 0) is 10.2 Å². The molecule has 110 valence electrons. The number of aromatic nitrogens is 1. The average molecular weight is 299 g/mol. The summed E-state index contributed by atoms with van der Waals surface area (Å²) in [7, 11) is -3.46. The average Bonchev–Trinajstić information content (AvgIpc) is 2.45. The third kappa shape index (κ3) is 2.57. The molecule has 0 radical (unpaired) electrons. The highest BCUT2D eigenvalue weighted by molar-refractivity contribution is 7.86. The lowest BCUT2D eigenvalue weighted by Gasteiger charge is -2.39. The summed E-state index contributed by atoms with van der Waals surface area (Å²) in [6, 6.07) is 5.81. The Hall–Kier alpha value is -1.05. The first-order valence-electron chi connectivity index (χ1n) is 6.87. The monoisotopic (exact) mass is 299 g/mol. The number of hydrogen-bond acceptors (Lipinski definition) is 3. The predicted octanol–water partition coefficient (Wildman–Crippen LogP) is 1.16. The Morgan fingerprint density at radius 1 is 1.15 bits per heavy atom. The van der Waals surface area contributed by atoms with E-state index in [1.54, 1.807) is 6.20 Å². The van der Waals surface area contributed by atoms with Crippen molar-refractivity contribution in [1.82, 2.24) is 13.6 Å². The maximum atomic E-state index is 12.8. The van der Waals surface area contributed by atoms with Crippen molar-refractivity contribution < 1.29 is 12.8 Å². The van der Waals surface area contributed by atoms with E-state index in [1.807, 2.05) is 18.2 Å². The molecule has 2 fully saturated rings. The summed E-state index contributed by atoms with van der Waals surface area (Å²) in [5, 5.41) is 0. The maximum absolute atomic E-state index is 12.8. The highest BCUT2D eigenvalue weighted by Crippen LogP contribution is 2.29. The number of alkyl halides is 1. The van der Waals surface area contributed by atoms with Crippen LogP contribution in [-0.4, -0.2) is 54.4 Å². The van der Waals surface area contributed by atoms with E-state index < -0.39 is 16.4 Å². The van der Waals surface area contributed by atoms with Crippen LogP contribution in [0.3, 0.4) is 0 Å². The standard InChI is InChI=1S/C13H18FN3O2S/c14-12-9-17(10-12)20(18,19)16-7-4-11(5-8-16)13-3-1-2-6-15-13/h1-3,6,11-12H,4-5,7-10H2. The van der Waals surface area contributed by atoms with Crippen molar-refractivity contribution in [3.05, 3.63) is 30.1 Å². The summed E-state index contributed by atoms with van der Waals surface area (Å²) in [4.78, 5) is 4.33. The lowest BCUT2D eigenvalue weighted by molar-refractivity contribution is 0.130. The Balaban J connectivity index is 1.61. The van der Waals surface area contributed by atoms with Gasteiger partial charge >= 0.3 is 0 Å². The van der Waals surface area contributed by atoms with Gasteiger partial charge in [0, 0.05) is 44.0 Å². The zero-order chi connectivity index (χ0) is 14.2. The second kappa shape index (κ2) is 5.38. The molecular weight excluding hydrogens is 281 g/mol. The van der Waals surface area contributed by atoms with Gasteiger partial charge < -0.3 is 0 Å². The molecule has 5 nitrogen and oxygen atoms in total. The summed E-state index contributed by atoms with van der Waals surface area (Å²) in [5.74, 6) is 0.313. The van der Waals surface area contributed by atoms with Crippen molar-refractivity contribution >= 4 is 10.2 Å². The SMILES string of the molecule is O=S(=O)(N1CCC(c2ccccn2)CC1)N1CC(F)C1.